The molecule has 1 aromatic rings. The lowest BCUT2D eigenvalue weighted by atomic mass is 9.81. The molecule has 0 aliphatic carbocycles. The number of aromatic nitrogens is 1. The minimum Gasteiger partial charge on any atom is -0.423 e. The number of nitrogens with zero attached hydrogens (tertiary/aromatic N) is 1. The molecule has 0 amide bonds. The number of rotatable bonds is 9. The fourth-order valence-corrected chi connectivity index (χ4v) is 1.90. The molecule has 0 saturated carbocycles. The lowest BCUT2D eigenvalue weighted by molar-refractivity contribution is 0.425. The zero-order valence-electron chi connectivity index (χ0n) is 11.8. The highest BCUT2D eigenvalue weighted by molar-refractivity contribution is 6.58. The lowest BCUT2D eigenvalue weighted by Crippen LogP contribution is -2.30. The van der Waals surface area contributed by atoms with Crippen LogP contribution in [0.1, 0.15) is 51.1 Å². The van der Waals surface area contributed by atoms with Gasteiger partial charge in [0.15, 0.2) is 0 Å². The molecule has 0 aliphatic heterocycles. The van der Waals surface area contributed by atoms with Gasteiger partial charge in [0.25, 0.3) is 0 Å². The summed E-state index contributed by atoms with van der Waals surface area (Å²) in [4.78, 5) is 4.19. The van der Waals surface area contributed by atoms with Crippen molar-refractivity contribution in [2.45, 2.75) is 51.9 Å². The second-order valence-corrected chi connectivity index (χ2v) is 4.83. The van der Waals surface area contributed by atoms with E-state index in [0.29, 0.717) is 5.46 Å². The van der Waals surface area contributed by atoms with Crippen LogP contribution in [0.5, 0.6) is 0 Å². The van der Waals surface area contributed by atoms with Crippen LogP contribution in [-0.4, -0.2) is 22.2 Å². The van der Waals surface area contributed by atoms with Crippen molar-refractivity contribution in [2.75, 3.05) is 0 Å². The second kappa shape index (κ2) is 9.76. The molecule has 4 heteroatoms. The summed E-state index contributed by atoms with van der Waals surface area (Å²) in [6, 6.07) is 3.53. The molecule has 1 heterocycles. The van der Waals surface area contributed by atoms with Gasteiger partial charge in [0.2, 0.25) is 0 Å². The average Bonchev–Trinajstić information content (AvgIpc) is 2.42. The fraction of sp³-hybridized carbons (Fsp3) is 0.533. The average molecular weight is 261 g/mol. The van der Waals surface area contributed by atoms with Crippen LogP contribution >= 0.6 is 0 Å². The Balaban J connectivity index is 2.17. The van der Waals surface area contributed by atoms with Gasteiger partial charge in [-0.2, -0.15) is 0 Å². The van der Waals surface area contributed by atoms with Crippen molar-refractivity contribution in [1.82, 2.24) is 4.98 Å². The molecule has 0 fully saturated rings. The summed E-state index contributed by atoms with van der Waals surface area (Å²) in [5.41, 5.74) is 1.38. The molecular weight excluding hydrogens is 237 g/mol. The van der Waals surface area contributed by atoms with E-state index in [9.17, 15) is 0 Å². The van der Waals surface area contributed by atoms with Crippen LogP contribution in [-0.2, 0) is 6.42 Å². The van der Waals surface area contributed by atoms with Crippen LogP contribution in [0.3, 0.4) is 0 Å². The third-order valence-corrected chi connectivity index (χ3v) is 3.11. The monoisotopic (exact) mass is 261 g/mol. The highest BCUT2D eigenvalue weighted by Crippen LogP contribution is 2.05. The maximum Gasteiger partial charge on any atom is 0.490 e. The third kappa shape index (κ3) is 7.14. The Hall–Kier alpha value is -1.13. The smallest absolute Gasteiger partial charge is 0.423 e. The number of hydrogen-bond donors (Lipinski definition) is 2. The number of allylic oxidation sites excluding steroid dienone is 2. The first-order chi connectivity index (χ1) is 9.24. The standard InChI is InChI=1S/C15H24BNO2/c1-2-3-4-5-6-7-8-9-10-15-12-11-14(13-17-15)16(18)19/h8-9,11-13,18-19H,2-7,10H2,1H3. The molecule has 0 bridgehead atoms. The minimum absolute atomic E-state index is 0.434. The molecule has 3 nitrogen and oxygen atoms in total. The zero-order valence-corrected chi connectivity index (χ0v) is 11.8. The Bertz CT molecular complexity index is 363. The van der Waals surface area contributed by atoms with Crippen LogP contribution in [0.4, 0.5) is 0 Å². The van der Waals surface area contributed by atoms with Gasteiger partial charge in [-0.25, -0.2) is 0 Å². The molecule has 0 saturated heterocycles. The summed E-state index contributed by atoms with van der Waals surface area (Å²) in [5, 5.41) is 17.9. The maximum absolute atomic E-state index is 8.95. The molecule has 104 valence electrons. The molecule has 0 atom stereocenters. The molecule has 1 aromatic heterocycles. The predicted molar refractivity (Wildman–Crippen MR) is 80.3 cm³/mol. The van der Waals surface area contributed by atoms with Gasteiger partial charge in [0.05, 0.1) is 0 Å². The first-order valence-electron chi connectivity index (χ1n) is 7.20. The lowest BCUT2D eigenvalue weighted by Gasteiger charge is -2.00. The van der Waals surface area contributed by atoms with Gasteiger partial charge in [0.1, 0.15) is 0 Å². The van der Waals surface area contributed by atoms with E-state index in [0.717, 1.165) is 18.5 Å². The third-order valence-electron chi connectivity index (χ3n) is 3.11. The van der Waals surface area contributed by atoms with Gasteiger partial charge in [-0.3, -0.25) is 4.98 Å². The van der Waals surface area contributed by atoms with Crippen LogP contribution in [0.15, 0.2) is 30.5 Å². The maximum atomic E-state index is 8.95. The van der Waals surface area contributed by atoms with Crippen molar-refractivity contribution in [2.24, 2.45) is 0 Å². The Labute approximate surface area is 116 Å². The highest BCUT2D eigenvalue weighted by Gasteiger charge is 2.09. The Morgan fingerprint density at radius 3 is 2.53 bits per heavy atom. The summed E-state index contributed by atoms with van der Waals surface area (Å²) >= 11 is 0. The molecule has 0 radical (unpaired) electrons. The number of pyridine rings is 1. The van der Waals surface area contributed by atoms with Gasteiger partial charge in [-0.1, -0.05) is 50.8 Å². The van der Waals surface area contributed by atoms with E-state index in [4.69, 9.17) is 10.0 Å². The Morgan fingerprint density at radius 1 is 1.11 bits per heavy atom. The topological polar surface area (TPSA) is 53.4 Å². The van der Waals surface area contributed by atoms with Crippen molar-refractivity contribution in [1.29, 1.82) is 0 Å². The molecule has 0 aromatic carbocycles. The van der Waals surface area contributed by atoms with Crippen molar-refractivity contribution in [3.63, 3.8) is 0 Å². The first kappa shape index (κ1) is 15.9. The second-order valence-electron chi connectivity index (χ2n) is 4.83. The summed E-state index contributed by atoms with van der Waals surface area (Å²) in [6.45, 7) is 2.23. The SMILES string of the molecule is CCCCCCCC=CCc1ccc(B(O)O)cn1. The Kier molecular flexibility index (Phi) is 8.18. The predicted octanol–water partition coefficient (Wildman–Crippen LogP) is 2.22. The minimum atomic E-state index is -1.43. The zero-order chi connectivity index (χ0) is 13.9. The fourth-order valence-electron chi connectivity index (χ4n) is 1.90. The van der Waals surface area contributed by atoms with Crippen LogP contribution in [0.2, 0.25) is 0 Å². The normalized spacial score (nSPS) is 11.1. The van der Waals surface area contributed by atoms with E-state index in [2.05, 4.69) is 24.1 Å². The van der Waals surface area contributed by atoms with Gasteiger partial charge in [-0.05, 0) is 18.9 Å². The number of unbranched alkanes of at least 4 members (excludes halogenated alkanes) is 5. The Morgan fingerprint density at radius 2 is 1.89 bits per heavy atom. The van der Waals surface area contributed by atoms with Gasteiger partial charge >= 0.3 is 7.12 Å². The highest BCUT2D eigenvalue weighted by atomic mass is 16.4. The summed E-state index contributed by atoms with van der Waals surface area (Å²) in [6.07, 6.45) is 14.4. The van der Waals surface area contributed by atoms with Crippen molar-refractivity contribution in [3.05, 3.63) is 36.2 Å². The van der Waals surface area contributed by atoms with Crippen LogP contribution in [0, 0.1) is 0 Å². The van der Waals surface area contributed by atoms with E-state index < -0.39 is 7.12 Å². The molecule has 19 heavy (non-hydrogen) atoms. The number of hydrogen-bond acceptors (Lipinski definition) is 3. The van der Waals surface area contributed by atoms with Crippen LogP contribution in [0.25, 0.3) is 0 Å². The first-order valence-corrected chi connectivity index (χ1v) is 7.20. The van der Waals surface area contributed by atoms with E-state index >= 15 is 0 Å². The molecule has 0 unspecified atom stereocenters. The molecule has 0 aliphatic rings. The summed E-state index contributed by atoms with van der Waals surface area (Å²) in [5.74, 6) is 0. The molecule has 0 spiro atoms. The van der Waals surface area contributed by atoms with Gasteiger partial charge < -0.3 is 10.0 Å². The molecule has 2 N–H and O–H groups in total. The van der Waals surface area contributed by atoms with E-state index in [1.807, 2.05) is 6.07 Å². The van der Waals surface area contributed by atoms with Gasteiger partial charge in [0, 0.05) is 23.8 Å². The molecule has 1 rings (SSSR count). The van der Waals surface area contributed by atoms with E-state index in [1.54, 1.807) is 6.07 Å². The van der Waals surface area contributed by atoms with Crippen LogP contribution < -0.4 is 5.46 Å². The van der Waals surface area contributed by atoms with Crippen molar-refractivity contribution in [3.8, 4) is 0 Å². The van der Waals surface area contributed by atoms with E-state index in [-0.39, 0.29) is 0 Å². The van der Waals surface area contributed by atoms with Crippen molar-refractivity contribution >= 4 is 12.6 Å². The van der Waals surface area contributed by atoms with Crippen molar-refractivity contribution < 1.29 is 10.0 Å². The van der Waals surface area contributed by atoms with Gasteiger partial charge in [-0.15, -0.1) is 0 Å². The quantitative estimate of drug-likeness (QED) is 0.407. The largest absolute Gasteiger partial charge is 0.490 e. The molecular formula is C15H24BNO2. The van der Waals surface area contributed by atoms with E-state index in [1.165, 1.54) is 38.3 Å². The summed E-state index contributed by atoms with van der Waals surface area (Å²) < 4.78 is 0. The summed E-state index contributed by atoms with van der Waals surface area (Å²) in [7, 11) is -1.43.